The van der Waals surface area contributed by atoms with Crippen LogP contribution in [0.25, 0.3) is 0 Å². The van der Waals surface area contributed by atoms with Crippen molar-refractivity contribution in [3.63, 3.8) is 0 Å². The number of alkyl halides is 1. The van der Waals surface area contributed by atoms with Gasteiger partial charge in [-0.25, -0.2) is 0 Å². The first-order valence-electron chi connectivity index (χ1n) is 4.43. The van der Waals surface area contributed by atoms with E-state index in [1.54, 1.807) is 6.92 Å². The van der Waals surface area contributed by atoms with Crippen LogP contribution in [0.3, 0.4) is 0 Å². The summed E-state index contributed by atoms with van der Waals surface area (Å²) in [7, 11) is -0.363. The van der Waals surface area contributed by atoms with Crippen molar-refractivity contribution < 1.29 is 18.5 Å². The van der Waals surface area contributed by atoms with Crippen LogP contribution in [0.5, 0.6) is 0 Å². The Morgan fingerprint density at radius 2 is 2.40 bits per heavy atom. The second kappa shape index (κ2) is 8.42. The molecule has 0 aromatic carbocycles. The van der Waals surface area contributed by atoms with E-state index >= 15 is 0 Å². The van der Waals surface area contributed by atoms with Gasteiger partial charge in [0, 0.05) is 0 Å². The number of nitrogens with two attached hydrogens (primary N) is 1. The van der Waals surface area contributed by atoms with Crippen LogP contribution in [0.4, 0.5) is 4.39 Å². The molecule has 0 bridgehead atoms. The molecular weight excluding hydrogens is 220 g/mol. The summed E-state index contributed by atoms with van der Waals surface area (Å²) in [5, 5.41) is 0. The van der Waals surface area contributed by atoms with Gasteiger partial charge in [-0.2, -0.15) is 0 Å². The fraction of sp³-hybridized carbons (Fsp3) is 0.556. The average Bonchev–Trinajstić information content (AvgIpc) is 2.18. The number of hydrogen-bond donors (Lipinski definition) is 1. The van der Waals surface area contributed by atoms with E-state index in [-0.39, 0.29) is 20.9 Å². The van der Waals surface area contributed by atoms with Gasteiger partial charge < -0.3 is 0 Å². The van der Waals surface area contributed by atoms with Gasteiger partial charge in [-0.1, -0.05) is 0 Å². The summed E-state index contributed by atoms with van der Waals surface area (Å²) in [6.45, 7) is 1.27. The van der Waals surface area contributed by atoms with Crippen LogP contribution >= 0.6 is 7.92 Å². The summed E-state index contributed by atoms with van der Waals surface area (Å²) in [5.41, 5.74) is 8.12. The molecule has 0 aliphatic heterocycles. The topological polar surface area (TPSA) is 69.4 Å². The van der Waals surface area contributed by atoms with Crippen molar-refractivity contribution in [1.82, 2.24) is 0 Å². The van der Waals surface area contributed by atoms with Crippen molar-refractivity contribution in [2.45, 2.75) is 19.4 Å². The molecule has 0 amide bonds. The van der Waals surface area contributed by atoms with Crippen molar-refractivity contribution in [3.8, 4) is 5.63 Å². The molecule has 0 fully saturated rings. The zero-order chi connectivity index (χ0) is 11.7. The summed E-state index contributed by atoms with van der Waals surface area (Å²) in [6, 6.07) is -0.972. The molecule has 84 valence electrons. The van der Waals surface area contributed by atoms with Crippen LogP contribution in [-0.2, 0) is 14.1 Å². The third-order valence-electron chi connectivity index (χ3n) is 1.49. The molecule has 0 heterocycles. The second-order valence-corrected chi connectivity index (χ2v) is 3.02. The van der Waals surface area contributed by atoms with Crippen molar-refractivity contribution in [1.29, 1.82) is 0 Å². The number of hydrogen-bond acceptors (Lipinski definition) is 4. The molecule has 0 saturated carbocycles. The van der Waals surface area contributed by atoms with E-state index in [9.17, 15) is 13.8 Å². The van der Waals surface area contributed by atoms with Gasteiger partial charge in [0.1, 0.15) is 0 Å². The van der Waals surface area contributed by atoms with E-state index < -0.39 is 18.7 Å². The molecule has 6 heteroatoms. The zero-order valence-electron chi connectivity index (χ0n) is 8.40. The van der Waals surface area contributed by atoms with Gasteiger partial charge in [-0.15, -0.1) is 0 Å². The van der Waals surface area contributed by atoms with Gasteiger partial charge in [0.25, 0.3) is 0 Å². The van der Waals surface area contributed by atoms with Gasteiger partial charge in [-0.3, -0.25) is 0 Å². The van der Waals surface area contributed by atoms with Gasteiger partial charge in [-0.05, 0) is 0 Å². The molecule has 1 unspecified atom stereocenters. The summed E-state index contributed by atoms with van der Waals surface area (Å²) in [6.07, 6.45) is 1.32. The number of ether oxygens (including phenoxy) is 1. The SMILES string of the molecule is CCOC(=O)C(N)C=C(C#P=O)CCF. The summed E-state index contributed by atoms with van der Waals surface area (Å²) in [5.74, 6) is -0.599. The normalized spacial score (nSPS) is 12.9. The van der Waals surface area contributed by atoms with E-state index in [1.165, 1.54) is 6.08 Å². The molecule has 0 aliphatic rings. The number of halogens is 1. The average molecular weight is 233 g/mol. The summed E-state index contributed by atoms with van der Waals surface area (Å²) >= 11 is 0. The molecule has 15 heavy (non-hydrogen) atoms. The van der Waals surface area contributed by atoms with Gasteiger partial charge in [0.05, 0.1) is 0 Å². The molecule has 4 nitrogen and oxygen atoms in total. The first kappa shape index (κ1) is 14.1. The Kier molecular flexibility index (Phi) is 7.92. The fourth-order valence-corrected chi connectivity index (χ4v) is 1.16. The first-order chi connectivity index (χ1) is 7.15. The van der Waals surface area contributed by atoms with Crippen molar-refractivity contribution >= 4 is 13.9 Å². The summed E-state index contributed by atoms with van der Waals surface area (Å²) in [4.78, 5) is 11.1. The first-order valence-corrected chi connectivity index (χ1v) is 5.24. The maximum absolute atomic E-state index is 12.0. The van der Waals surface area contributed by atoms with E-state index in [2.05, 4.69) is 10.4 Å². The van der Waals surface area contributed by atoms with Gasteiger partial charge in [0.15, 0.2) is 0 Å². The van der Waals surface area contributed by atoms with Crippen LogP contribution in [0.1, 0.15) is 13.3 Å². The molecule has 0 spiro atoms. The zero-order valence-corrected chi connectivity index (χ0v) is 9.30. The molecule has 0 aromatic heterocycles. The molecule has 1 atom stereocenters. The Balaban J connectivity index is 4.56. The Hall–Kier alpha value is -0.890. The van der Waals surface area contributed by atoms with E-state index in [1.807, 2.05) is 0 Å². The van der Waals surface area contributed by atoms with Crippen LogP contribution in [-0.4, -0.2) is 25.3 Å². The predicted molar refractivity (Wildman–Crippen MR) is 54.8 cm³/mol. The quantitative estimate of drug-likeness (QED) is 0.575. The molecule has 0 saturated heterocycles. The molecule has 0 aromatic rings. The Morgan fingerprint density at radius 1 is 1.73 bits per heavy atom. The van der Waals surface area contributed by atoms with Crippen LogP contribution < -0.4 is 5.73 Å². The van der Waals surface area contributed by atoms with Crippen molar-refractivity contribution in [2.75, 3.05) is 13.3 Å². The van der Waals surface area contributed by atoms with E-state index in [0.29, 0.717) is 5.57 Å². The number of carbonyl (C=O) groups excluding carboxylic acids is 1. The summed E-state index contributed by atoms with van der Waals surface area (Å²) < 4.78 is 26.9. The van der Waals surface area contributed by atoms with E-state index in [0.717, 1.165) is 0 Å². The molecule has 0 aliphatic carbocycles. The molecule has 2 N–H and O–H groups in total. The third-order valence-corrected chi connectivity index (χ3v) is 1.87. The maximum atomic E-state index is 12.0. The Labute approximate surface area is 88.8 Å². The number of rotatable bonds is 5. The van der Waals surface area contributed by atoms with Crippen molar-refractivity contribution in [3.05, 3.63) is 11.6 Å². The van der Waals surface area contributed by atoms with E-state index in [4.69, 9.17) is 5.73 Å². The number of esters is 1. The molecule has 0 rings (SSSR count). The predicted octanol–water partition coefficient (Wildman–Crippen LogP) is 1.41. The molecule has 0 radical (unpaired) electrons. The monoisotopic (exact) mass is 233 g/mol. The van der Waals surface area contributed by atoms with Crippen molar-refractivity contribution in [2.24, 2.45) is 5.73 Å². The molecular formula is C9H13FNO3P. The van der Waals surface area contributed by atoms with Crippen LogP contribution in [0.15, 0.2) is 11.6 Å². The van der Waals surface area contributed by atoms with Crippen LogP contribution in [0.2, 0.25) is 0 Å². The standard InChI is InChI=1S/C9H13FNO3P/c1-2-14-9(12)8(11)5-7(3-4-10)6-15-13/h5,8H,2-4,11H2,1H3. The van der Waals surface area contributed by atoms with Crippen LogP contribution in [0, 0.1) is 5.63 Å². The number of carbonyl (C=O) groups is 1. The fourth-order valence-electron chi connectivity index (χ4n) is 0.860. The van der Waals surface area contributed by atoms with Gasteiger partial charge >= 0.3 is 88.0 Å². The Morgan fingerprint density at radius 3 is 2.87 bits per heavy atom. The minimum atomic E-state index is -0.972. The third kappa shape index (κ3) is 6.24. The number of allylic oxidation sites excluding steroid dienone is 1. The Bertz CT molecular complexity index is 336. The minimum absolute atomic E-state index is 0.0301. The van der Waals surface area contributed by atoms with Gasteiger partial charge in [0.2, 0.25) is 0 Å². The second-order valence-electron chi connectivity index (χ2n) is 2.61.